The Kier molecular flexibility index (Phi) is 3.87. The van der Waals surface area contributed by atoms with Crippen molar-refractivity contribution in [1.29, 1.82) is 0 Å². The Labute approximate surface area is 84.3 Å². The van der Waals surface area contributed by atoms with Gasteiger partial charge >= 0.3 is 5.69 Å². The second-order valence-corrected chi connectivity index (χ2v) is 2.94. The molecule has 6 nitrogen and oxygen atoms in total. The fraction of sp³-hybridized carbons (Fsp3) is 0.429. The number of aromatic amines is 1. The number of ether oxygens (including phenoxy) is 1. The van der Waals surface area contributed by atoms with Crippen molar-refractivity contribution in [3.63, 3.8) is 0 Å². The van der Waals surface area contributed by atoms with Gasteiger partial charge in [0.15, 0.2) is 0 Å². The third-order valence-corrected chi connectivity index (χ3v) is 1.73. The molecule has 1 aromatic rings. The predicted molar refractivity (Wildman–Crippen MR) is 51.3 cm³/mol. The van der Waals surface area contributed by atoms with Crippen molar-refractivity contribution in [3.05, 3.63) is 32.1 Å². The number of hydrogen-bond donors (Lipinski definition) is 2. The maximum absolute atomic E-state index is 11.1. The first-order valence-corrected chi connectivity index (χ1v) is 4.30. The van der Waals surface area contributed by atoms with Crippen LogP contribution in [0.4, 0.5) is 0 Å². The molecule has 78 valence electrons. The number of hydrogen-bond acceptors (Lipinski definition) is 4. The quantitative estimate of drug-likeness (QED) is 0.644. The van der Waals surface area contributed by atoms with Gasteiger partial charge in [0.25, 0.3) is 5.56 Å². The van der Waals surface area contributed by atoms with Crippen LogP contribution in [0, 0.1) is 0 Å². The van der Waals surface area contributed by atoms with Crippen molar-refractivity contribution >= 4 is 11.6 Å². The highest BCUT2D eigenvalue weighted by Gasteiger charge is 2.01. The zero-order chi connectivity index (χ0) is 10.6. The van der Waals surface area contributed by atoms with Crippen molar-refractivity contribution in [2.24, 2.45) is 5.73 Å². The second-order valence-electron chi connectivity index (χ2n) is 2.53. The largest absolute Gasteiger partial charge is 0.359 e. The second kappa shape index (κ2) is 4.94. The van der Waals surface area contributed by atoms with E-state index in [9.17, 15) is 9.59 Å². The number of halogens is 1. The fourth-order valence-electron chi connectivity index (χ4n) is 0.825. The molecular weight excluding hydrogens is 210 g/mol. The average Bonchev–Trinajstić information content (AvgIpc) is 2.14. The molecule has 3 N–H and O–H groups in total. The van der Waals surface area contributed by atoms with Gasteiger partial charge in [-0.05, 0) is 0 Å². The minimum absolute atomic E-state index is 0.0204. The van der Waals surface area contributed by atoms with Crippen LogP contribution in [0.15, 0.2) is 15.8 Å². The molecule has 0 aliphatic heterocycles. The number of nitrogens with one attached hydrogen (secondary N) is 1. The molecule has 1 heterocycles. The van der Waals surface area contributed by atoms with Gasteiger partial charge in [0, 0.05) is 12.7 Å². The van der Waals surface area contributed by atoms with Crippen molar-refractivity contribution < 1.29 is 4.74 Å². The Bertz CT molecular complexity index is 411. The van der Waals surface area contributed by atoms with Gasteiger partial charge in [-0.1, -0.05) is 11.6 Å². The molecule has 0 bridgehead atoms. The maximum atomic E-state index is 11.1. The van der Waals surface area contributed by atoms with E-state index >= 15 is 0 Å². The van der Waals surface area contributed by atoms with Gasteiger partial charge in [0.1, 0.15) is 11.8 Å². The molecule has 0 aromatic carbocycles. The van der Waals surface area contributed by atoms with Crippen LogP contribution in [0.3, 0.4) is 0 Å². The first-order valence-electron chi connectivity index (χ1n) is 3.92. The summed E-state index contributed by atoms with van der Waals surface area (Å²) in [6, 6.07) is 0. The Morgan fingerprint density at radius 1 is 1.57 bits per heavy atom. The molecule has 14 heavy (non-hydrogen) atoms. The lowest BCUT2D eigenvalue weighted by Gasteiger charge is -2.05. The van der Waals surface area contributed by atoms with Gasteiger partial charge in [-0.25, -0.2) is 4.79 Å². The zero-order valence-electron chi connectivity index (χ0n) is 7.33. The van der Waals surface area contributed by atoms with Gasteiger partial charge < -0.3 is 10.5 Å². The topological polar surface area (TPSA) is 90.1 Å². The van der Waals surface area contributed by atoms with E-state index in [1.807, 2.05) is 4.98 Å². The summed E-state index contributed by atoms with van der Waals surface area (Å²) in [7, 11) is 0. The fourth-order valence-corrected chi connectivity index (χ4v) is 0.990. The Morgan fingerprint density at radius 2 is 2.29 bits per heavy atom. The van der Waals surface area contributed by atoms with Crippen molar-refractivity contribution in [3.8, 4) is 0 Å². The van der Waals surface area contributed by atoms with E-state index in [0.717, 1.165) is 4.57 Å². The van der Waals surface area contributed by atoms with Gasteiger partial charge in [0.2, 0.25) is 0 Å². The standard InChI is InChI=1S/C7H10ClN3O3/c8-5-3-11(4-14-2-1-9)7(13)10-6(5)12/h3H,1-2,4,9H2,(H,10,12,13). The van der Waals surface area contributed by atoms with Crippen LogP contribution in [0.5, 0.6) is 0 Å². The van der Waals surface area contributed by atoms with E-state index in [-0.39, 0.29) is 11.8 Å². The number of aromatic nitrogens is 2. The van der Waals surface area contributed by atoms with Crippen LogP contribution in [-0.2, 0) is 11.5 Å². The molecule has 1 rings (SSSR count). The molecule has 0 saturated carbocycles. The molecule has 0 radical (unpaired) electrons. The van der Waals surface area contributed by atoms with Gasteiger partial charge in [-0.2, -0.15) is 0 Å². The molecular formula is C7H10ClN3O3. The molecule has 0 saturated heterocycles. The van der Waals surface area contributed by atoms with Crippen LogP contribution < -0.4 is 17.0 Å². The summed E-state index contributed by atoms with van der Waals surface area (Å²) in [5.41, 5.74) is 4.02. The van der Waals surface area contributed by atoms with Crippen molar-refractivity contribution in [2.75, 3.05) is 13.2 Å². The summed E-state index contributed by atoms with van der Waals surface area (Å²) < 4.78 is 6.15. The molecule has 0 aliphatic carbocycles. The highest BCUT2D eigenvalue weighted by Crippen LogP contribution is 1.95. The third-order valence-electron chi connectivity index (χ3n) is 1.46. The van der Waals surface area contributed by atoms with E-state index in [2.05, 4.69) is 0 Å². The third kappa shape index (κ3) is 2.69. The van der Waals surface area contributed by atoms with E-state index < -0.39 is 11.2 Å². The summed E-state index contributed by atoms with van der Waals surface area (Å²) in [4.78, 5) is 24.0. The number of H-pyrrole nitrogens is 1. The van der Waals surface area contributed by atoms with Crippen LogP contribution in [-0.4, -0.2) is 22.7 Å². The molecule has 7 heteroatoms. The monoisotopic (exact) mass is 219 g/mol. The average molecular weight is 220 g/mol. The first-order chi connectivity index (χ1) is 6.65. The van der Waals surface area contributed by atoms with E-state index in [4.69, 9.17) is 22.1 Å². The van der Waals surface area contributed by atoms with Crippen LogP contribution in [0.2, 0.25) is 5.02 Å². The molecule has 1 aromatic heterocycles. The van der Waals surface area contributed by atoms with Crippen LogP contribution in [0.1, 0.15) is 0 Å². The smallest absolute Gasteiger partial charge is 0.330 e. The summed E-state index contributed by atoms with van der Waals surface area (Å²) in [5.74, 6) is 0. The van der Waals surface area contributed by atoms with Crippen molar-refractivity contribution in [1.82, 2.24) is 9.55 Å². The van der Waals surface area contributed by atoms with E-state index in [1.54, 1.807) is 0 Å². The summed E-state index contributed by atoms with van der Waals surface area (Å²) in [5, 5.41) is -0.0547. The maximum Gasteiger partial charge on any atom is 0.330 e. The van der Waals surface area contributed by atoms with Gasteiger partial charge in [-0.3, -0.25) is 14.3 Å². The van der Waals surface area contributed by atoms with Crippen LogP contribution >= 0.6 is 11.6 Å². The minimum atomic E-state index is -0.605. The minimum Gasteiger partial charge on any atom is -0.359 e. The van der Waals surface area contributed by atoms with Crippen LogP contribution in [0.25, 0.3) is 0 Å². The van der Waals surface area contributed by atoms with E-state index in [0.29, 0.717) is 13.2 Å². The Morgan fingerprint density at radius 3 is 2.93 bits per heavy atom. The highest BCUT2D eigenvalue weighted by atomic mass is 35.5. The molecule has 0 amide bonds. The lowest BCUT2D eigenvalue weighted by atomic mass is 10.6. The molecule has 0 aliphatic rings. The SMILES string of the molecule is NCCOCn1cc(Cl)c(=O)[nH]c1=O. The first kappa shape index (κ1) is 11.0. The predicted octanol–water partition coefficient (Wildman–Crippen LogP) is -0.877. The summed E-state index contributed by atoms with van der Waals surface area (Å²) in [6.07, 6.45) is 1.22. The number of nitrogens with zero attached hydrogens (tertiary/aromatic N) is 1. The van der Waals surface area contributed by atoms with Crippen molar-refractivity contribution in [2.45, 2.75) is 6.73 Å². The Hall–Kier alpha value is -1.11. The van der Waals surface area contributed by atoms with E-state index in [1.165, 1.54) is 6.20 Å². The summed E-state index contributed by atoms with van der Waals surface area (Å²) in [6.45, 7) is 0.724. The summed E-state index contributed by atoms with van der Waals surface area (Å²) >= 11 is 5.51. The van der Waals surface area contributed by atoms with Gasteiger partial charge in [-0.15, -0.1) is 0 Å². The number of rotatable bonds is 4. The van der Waals surface area contributed by atoms with Gasteiger partial charge in [0.05, 0.1) is 6.61 Å². The molecule has 0 unspecified atom stereocenters. The lowest BCUT2D eigenvalue weighted by Crippen LogP contribution is -2.30. The normalized spacial score (nSPS) is 10.4. The zero-order valence-corrected chi connectivity index (χ0v) is 8.08. The lowest BCUT2D eigenvalue weighted by molar-refractivity contribution is 0.0797. The highest BCUT2D eigenvalue weighted by molar-refractivity contribution is 6.30. The number of nitrogens with two attached hydrogens (primary N) is 1. The molecule has 0 atom stereocenters. The Balaban J connectivity index is 2.82. The molecule has 0 spiro atoms. The molecule has 0 fully saturated rings.